The molecule has 0 saturated carbocycles. The van der Waals surface area contributed by atoms with E-state index in [9.17, 15) is 13.2 Å². The van der Waals surface area contributed by atoms with Crippen molar-refractivity contribution in [2.24, 2.45) is 5.84 Å². The molecule has 0 spiro atoms. The van der Waals surface area contributed by atoms with Gasteiger partial charge in [-0.1, -0.05) is 29.8 Å². The number of halogens is 5. The molecule has 0 aliphatic heterocycles. The molecule has 0 aromatic heterocycles. The minimum Gasteiger partial charge on any atom is -0.271 e. The third-order valence-electron chi connectivity index (χ3n) is 3.02. The van der Waals surface area contributed by atoms with Gasteiger partial charge in [0.15, 0.2) is 0 Å². The number of hydrogen-bond acceptors (Lipinski definition) is 2. The molecule has 2 nitrogen and oxygen atoms in total. The van der Waals surface area contributed by atoms with Gasteiger partial charge in [-0.15, -0.1) is 0 Å². The first-order chi connectivity index (χ1) is 9.82. The summed E-state index contributed by atoms with van der Waals surface area (Å²) in [6.45, 7) is 0. The van der Waals surface area contributed by atoms with E-state index in [2.05, 4.69) is 21.4 Å². The molecular weight excluding hydrogens is 369 g/mol. The third kappa shape index (κ3) is 3.77. The van der Waals surface area contributed by atoms with E-state index in [4.69, 9.17) is 17.4 Å². The van der Waals surface area contributed by atoms with Gasteiger partial charge in [-0.05, 0) is 51.3 Å². The predicted molar refractivity (Wildman–Crippen MR) is 79.8 cm³/mol. The van der Waals surface area contributed by atoms with Crippen LogP contribution >= 0.6 is 27.5 Å². The maximum absolute atomic E-state index is 12.6. The maximum atomic E-state index is 12.6. The number of rotatable bonds is 3. The topological polar surface area (TPSA) is 38.0 Å². The lowest BCUT2D eigenvalue weighted by atomic mass is 9.98. The number of nitrogens with one attached hydrogen (secondary N) is 1. The fourth-order valence-corrected chi connectivity index (χ4v) is 2.38. The van der Waals surface area contributed by atoms with E-state index in [1.807, 2.05) is 0 Å². The van der Waals surface area contributed by atoms with Crippen LogP contribution in [0.3, 0.4) is 0 Å². The van der Waals surface area contributed by atoms with E-state index in [1.165, 1.54) is 12.1 Å². The van der Waals surface area contributed by atoms with Gasteiger partial charge in [-0.2, -0.15) is 13.2 Å². The van der Waals surface area contributed by atoms with Crippen molar-refractivity contribution in [3.05, 3.63) is 68.7 Å². The summed E-state index contributed by atoms with van der Waals surface area (Å²) < 4.78 is 38.4. The predicted octanol–water partition coefficient (Wildman–Crippen LogP) is 4.67. The van der Waals surface area contributed by atoms with Crippen LogP contribution in [0.15, 0.2) is 46.9 Å². The van der Waals surface area contributed by atoms with Gasteiger partial charge in [0.1, 0.15) is 0 Å². The lowest BCUT2D eigenvalue weighted by Crippen LogP contribution is -2.28. The fourth-order valence-electron chi connectivity index (χ4n) is 1.94. The lowest BCUT2D eigenvalue weighted by Gasteiger charge is -2.18. The van der Waals surface area contributed by atoms with Crippen LogP contribution in [0.1, 0.15) is 22.7 Å². The van der Waals surface area contributed by atoms with Crippen molar-refractivity contribution < 1.29 is 13.2 Å². The summed E-state index contributed by atoms with van der Waals surface area (Å²) in [5.41, 5.74) is 3.26. The molecule has 2 aromatic rings. The molecule has 0 aliphatic carbocycles. The number of benzene rings is 2. The summed E-state index contributed by atoms with van der Waals surface area (Å²) >= 11 is 9.30. The van der Waals surface area contributed by atoms with E-state index in [0.29, 0.717) is 10.6 Å². The molecule has 0 fully saturated rings. The highest BCUT2D eigenvalue weighted by Crippen LogP contribution is 2.32. The fraction of sp³-hybridized carbons (Fsp3) is 0.143. The highest BCUT2D eigenvalue weighted by Gasteiger charge is 2.30. The zero-order valence-corrected chi connectivity index (χ0v) is 12.9. The summed E-state index contributed by atoms with van der Waals surface area (Å²) in [5, 5.41) is 0.500. The van der Waals surface area contributed by atoms with Gasteiger partial charge in [0, 0.05) is 4.47 Å². The Labute approximate surface area is 133 Å². The first-order valence-electron chi connectivity index (χ1n) is 5.91. The van der Waals surface area contributed by atoms with Gasteiger partial charge in [0.25, 0.3) is 0 Å². The second-order valence-corrected chi connectivity index (χ2v) is 5.65. The molecule has 0 amide bonds. The summed E-state index contributed by atoms with van der Waals surface area (Å²) in [6, 6.07) is 9.64. The van der Waals surface area contributed by atoms with Crippen molar-refractivity contribution in [3.63, 3.8) is 0 Å². The monoisotopic (exact) mass is 378 g/mol. The Morgan fingerprint density at radius 1 is 1.05 bits per heavy atom. The molecular formula is C14H11BrClF3N2. The quantitative estimate of drug-likeness (QED) is 0.600. The van der Waals surface area contributed by atoms with Crippen molar-refractivity contribution in [2.75, 3.05) is 0 Å². The normalized spacial score (nSPS) is 13.2. The number of alkyl halides is 3. The van der Waals surface area contributed by atoms with E-state index in [1.54, 1.807) is 18.2 Å². The molecule has 1 unspecified atom stereocenters. The van der Waals surface area contributed by atoms with Crippen LogP contribution < -0.4 is 11.3 Å². The summed E-state index contributed by atoms with van der Waals surface area (Å²) in [6.07, 6.45) is -4.36. The first kappa shape index (κ1) is 16.3. The molecule has 0 radical (unpaired) electrons. The van der Waals surface area contributed by atoms with E-state index in [0.717, 1.165) is 22.2 Å². The van der Waals surface area contributed by atoms with Gasteiger partial charge < -0.3 is 0 Å². The Hall–Kier alpha value is -1.08. The van der Waals surface area contributed by atoms with E-state index in [-0.39, 0.29) is 0 Å². The van der Waals surface area contributed by atoms with Crippen LogP contribution in [0.5, 0.6) is 0 Å². The Morgan fingerprint density at radius 2 is 1.62 bits per heavy atom. The Bertz CT molecular complexity index is 629. The van der Waals surface area contributed by atoms with Crippen LogP contribution in [0.25, 0.3) is 0 Å². The van der Waals surface area contributed by atoms with Crippen LogP contribution in [-0.2, 0) is 6.18 Å². The molecule has 0 saturated heterocycles. The molecule has 112 valence electrons. The largest absolute Gasteiger partial charge is 0.416 e. The molecule has 1 atom stereocenters. The smallest absolute Gasteiger partial charge is 0.271 e. The average molecular weight is 380 g/mol. The summed E-state index contributed by atoms with van der Waals surface area (Å²) in [5.74, 6) is 5.52. The van der Waals surface area contributed by atoms with E-state index < -0.39 is 17.8 Å². The van der Waals surface area contributed by atoms with Gasteiger partial charge in [-0.3, -0.25) is 5.84 Å². The highest BCUT2D eigenvalue weighted by molar-refractivity contribution is 9.10. The minimum absolute atomic E-state index is 0.446. The molecule has 0 bridgehead atoms. The molecule has 7 heteroatoms. The minimum atomic E-state index is -4.36. The van der Waals surface area contributed by atoms with Crippen molar-refractivity contribution >= 4 is 27.5 Å². The van der Waals surface area contributed by atoms with Gasteiger partial charge in [0.05, 0.1) is 16.6 Å². The summed E-state index contributed by atoms with van der Waals surface area (Å²) in [7, 11) is 0. The Morgan fingerprint density at radius 3 is 2.10 bits per heavy atom. The highest BCUT2D eigenvalue weighted by atomic mass is 79.9. The molecule has 2 rings (SSSR count). The van der Waals surface area contributed by atoms with Crippen LogP contribution in [0.4, 0.5) is 13.2 Å². The SMILES string of the molecule is NNC(c1ccc(C(F)(F)F)cc1)c1ccc(Br)c(Cl)c1. The van der Waals surface area contributed by atoms with Crippen molar-refractivity contribution in [2.45, 2.75) is 12.2 Å². The Balaban J connectivity index is 2.35. The van der Waals surface area contributed by atoms with Crippen molar-refractivity contribution in [1.29, 1.82) is 0 Å². The molecule has 0 heterocycles. The van der Waals surface area contributed by atoms with Crippen LogP contribution in [0.2, 0.25) is 5.02 Å². The second kappa shape index (κ2) is 6.36. The zero-order valence-electron chi connectivity index (χ0n) is 10.6. The van der Waals surface area contributed by atoms with Gasteiger partial charge >= 0.3 is 6.18 Å². The second-order valence-electron chi connectivity index (χ2n) is 4.39. The van der Waals surface area contributed by atoms with E-state index >= 15 is 0 Å². The average Bonchev–Trinajstić information content (AvgIpc) is 2.43. The zero-order chi connectivity index (χ0) is 15.6. The number of hydrazine groups is 1. The molecule has 0 aliphatic rings. The molecule has 21 heavy (non-hydrogen) atoms. The van der Waals surface area contributed by atoms with Gasteiger partial charge in [0.2, 0.25) is 0 Å². The van der Waals surface area contributed by atoms with Gasteiger partial charge in [-0.25, -0.2) is 5.43 Å². The standard InChI is InChI=1S/C14H11BrClF3N2/c15-11-6-3-9(7-12(11)16)13(21-20)8-1-4-10(5-2-8)14(17,18)19/h1-7,13,21H,20H2. The molecule has 2 aromatic carbocycles. The van der Waals surface area contributed by atoms with Crippen molar-refractivity contribution in [3.8, 4) is 0 Å². The molecule has 3 N–H and O–H groups in total. The number of hydrogen-bond donors (Lipinski definition) is 2. The lowest BCUT2D eigenvalue weighted by molar-refractivity contribution is -0.137. The summed E-state index contributed by atoms with van der Waals surface area (Å²) in [4.78, 5) is 0. The van der Waals surface area contributed by atoms with Crippen molar-refractivity contribution in [1.82, 2.24) is 5.43 Å². The van der Waals surface area contributed by atoms with Crippen LogP contribution in [-0.4, -0.2) is 0 Å². The van der Waals surface area contributed by atoms with Crippen LogP contribution in [0, 0.1) is 0 Å². The first-order valence-corrected chi connectivity index (χ1v) is 7.08. The third-order valence-corrected chi connectivity index (χ3v) is 4.25. The Kier molecular flexibility index (Phi) is 4.93. The number of nitrogens with two attached hydrogens (primary N) is 1. The maximum Gasteiger partial charge on any atom is 0.416 e.